The lowest BCUT2D eigenvalue weighted by Gasteiger charge is -2.21. The summed E-state index contributed by atoms with van der Waals surface area (Å²) in [4.78, 5) is 23.7. The molecular weight excluding hydrogens is 346 g/mol. The molecule has 2 N–H and O–H groups in total. The number of anilines is 2. The van der Waals surface area contributed by atoms with Gasteiger partial charge in [-0.3, -0.25) is 9.20 Å². The van der Waals surface area contributed by atoms with Crippen molar-refractivity contribution in [2.75, 3.05) is 23.8 Å². The van der Waals surface area contributed by atoms with Gasteiger partial charge in [0.1, 0.15) is 0 Å². The minimum atomic E-state index is -0.225. The highest BCUT2D eigenvalue weighted by atomic mass is 35.5. The molecule has 0 saturated heterocycles. The van der Waals surface area contributed by atoms with Crippen molar-refractivity contribution in [2.24, 2.45) is 0 Å². The summed E-state index contributed by atoms with van der Waals surface area (Å²) in [6, 6.07) is 8.72. The molecule has 9 heteroatoms. The Morgan fingerprint density at radius 2 is 2.20 bits per heavy atom. The standard InChI is InChI=1S/C16H14ClN5O3/c17-10-7-11(15-12(8-10)19-14(23)9-25-15)18-4-6-22-16(24)21-5-2-1-3-13(21)20-22/h1-3,5,7-8,18H,4,6,9H2,(H,19,23). The number of hydrogen-bond acceptors (Lipinski definition) is 5. The van der Waals surface area contributed by atoms with E-state index in [1.54, 1.807) is 30.5 Å². The highest BCUT2D eigenvalue weighted by Crippen LogP contribution is 2.38. The number of halogens is 1. The Morgan fingerprint density at radius 3 is 3.04 bits per heavy atom. The topological polar surface area (TPSA) is 89.7 Å². The van der Waals surface area contributed by atoms with Crippen LogP contribution >= 0.6 is 11.6 Å². The van der Waals surface area contributed by atoms with E-state index in [-0.39, 0.29) is 18.2 Å². The van der Waals surface area contributed by atoms with E-state index in [9.17, 15) is 9.59 Å². The van der Waals surface area contributed by atoms with Gasteiger partial charge in [-0.1, -0.05) is 17.7 Å². The lowest BCUT2D eigenvalue weighted by atomic mass is 10.2. The lowest BCUT2D eigenvalue weighted by Crippen LogP contribution is -2.27. The summed E-state index contributed by atoms with van der Waals surface area (Å²) < 4.78 is 8.35. The van der Waals surface area contributed by atoms with Gasteiger partial charge >= 0.3 is 5.69 Å². The molecule has 1 aromatic carbocycles. The second kappa shape index (κ2) is 6.14. The molecule has 0 spiro atoms. The first kappa shape index (κ1) is 15.5. The van der Waals surface area contributed by atoms with Crippen molar-refractivity contribution < 1.29 is 9.53 Å². The molecule has 1 aliphatic heterocycles. The smallest absolute Gasteiger partial charge is 0.350 e. The van der Waals surface area contributed by atoms with Gasteiger partial charge < -0.3 is 15.4 Å². The number of benzene rings is 1. The van der Waals surface area contributed by atoms with Crippen LogP contribution in [0.15, 0.2) is 41.3 Å². The van der Waals surface area contributed by atoms with E-state index in [2.05, 4.69) is 15.7 Å². The predicted octanol–water partition coefficient (Wildman–Crippen LogP) is 1.59. The first-order valence-corrected chi connectivity index (χ1v) is 8.04. The van der Waals surface area contributed by atoms with Crippen LogP contribution in [0.25, 0.3) is 5.65 Å². The molecule has 8 nitrogen and oxygen atoms in total. The van der Waals surface area contributed by atoms with Crippen LogP contribution in [0.5, 0.6) is 5.75 Å². The van der Waals surface area contributed by atoms with E-state index in [1.807, 2.05) is 6.07 Å². The first-order valence-electron chi connectivity index (χ1n) is 7.66. The third kappa shape index (κ3) is 2.91. The van der Waals surface area contributed by atoms with Gasteiger partial charge in [0.05, 0.1) is 17.9 Å². The Balaban J connectivity index is 1.53. The molecule has 0 unspecified atom stereocenters. The summed E-state index contributed by atoms with van der Waals surface area (Å²) in [6.45, 7) is 0.761. The van der Waals surface area contributed by atoms with Crippen molar-refractivity contribution in [2.45, 2.75) is 6.54 Å². The largest absolute Gasteiger partial charge is 0.479 e. The van der Waals surface area contributed by atoms with Gasteiger partial charge in [-0.05, 0) is 24.3 Å². The van der Waals surface area contributed by atoms with Crippen LogP contribution < -0.4 is 21.1 Å². The van der Waals surface area contributed by atoms with Crippen LogP contribution in [-0.2, 0) is 11.3 Å². The number of carbonyl (C=O) groups is 1. The summed E-state index contributed by atoms with van der Waals surface area (Å²) in [7, 11) is 0. The molecule has 0 saturated carbocycles. The van der Waals surface area contributed by atoms with E-state index in [0.717, 1.165) is 0 Å². The minimum Gasteiger partial charge on any atom is -0.479 e. The van der Waals surface area contributed by atoms with Crippen molar-refractivity contribution in [1.29, 1.82) is 0 Å². The second-order valence-corrected chi connectivity index (χ2v) is 5.96. The third-order valence-corrected chi connectivity index (χ3v) is 4.02. The normalized spacial score (nSPS) is 13.2. The van der Waals surface area contributed by atoms with E-state index in [1.165, 1.54) is 9.08 Å². The SMILES string of the molecule is O=C1COc2c(NCCn3nc4ccccn4c3=O)cc(Cl)cc2N1. The Hall–Kier alpha value is -3.00. The fraction of sp³-hybridized carbons (Fsp3) is 0.188. The lowest BCUT2D eigenvalue weighted by molar-refractivity contribution is -0.118. The number of rotatable bonds is 4. The number of nitrogens with zero attached hydrogens (tertiary/aromatic N) is 3. The maximum absolute atomic E-state index is 12.2. The summed E-state index contributed by atoms with van der Waals surface area (Å²) in [5.41, 5.74) is 1.57. The molecule has 1 aliphatic rings. The van der Waals surface area contributed by atoms with Crippen molar-refractivity contribution >= 4 is 34.5 Å². The molecule has 0 fully saturated rings. The number of carbonyl (C=O) groups excluding carboxylic acids is 1. The summed E-state index contributed by atoms with van der Waals surface area (Å²) in [6.07, 6.45) is 1.68. The van der Waals surface area contributed by atoms with E-state index >= 15 is 0 Å². The van der Waals surface area contributed by atoms with Gasteiger partial charge in [0.2, 0.25) is 0 Å². The number of nitrogens with one attached hydrogen (secondary N) is 2. The zero-order chi connectivity index (χ0) is 17.4. The van der Waals surface area contributed by atoms with Crippen LogP contribution in [0.2, 0.25) is 5.02 Å². The average Bonchev–Trinajstić information content (AvgIpc) is 2.91. The summed E-state index contributed by atoms with van der Waals surface area (Å²) in [5.74, 6) is 0.309. The van der Waals surface area contributed by atoms with Gasteiger partial charge in [-0.2, -0.15) is 0 Å². The Labute approximate surface area is 147 Å². The van der Waals surface area contributed by atoms with Crippen LogP contribution in [0.4, 0.5) is 11.4 Å². The molecule has 0 bridgehead atoms. The molecule has 3 aromatic rings. The summed E-state index contributed by atoms with van der Waals surface area (Å²) in [5, 5.41) is 10.6. The van der Waals surface area contributed by atoms with Crippen LogP contribution in [0.1, 0.15) is 0 Å². The predicted molar refractivity (Wildman–Crippen MR) is 93.5 cm³/mol. The Bertz CT molecular complexity index is 1030. The number of hydrogen-bond donors (Lipinski definition) is 2. The number of fused-ring (bicyclic) bond motifs is 2. The molecule has 1 amide bonds. The minimum absolute atomic E-state index is 0.0464. The quantitative estimate of drug-likeness (QED) is 0.738. The molecule has 4 rings (SSSR count). The van der Waals surface area contributed by atoms with Crippen molar-refractivity contribution in [3.8, 4) is 5.75 Å². The van der Waals surface area contributed by atoms with Crippen molar-refractivity contribution in [1.82, 2.24) is 14.2 Å². The zero-order valence-corrected chi connectivity index (χ0v) is 13.8. The third-order valence-electron chi connectivity index (χ3n) is 3.80. The van der Waals surface area contributed by atoms with E-state index in [4.69, 9.17) is 16.3 Å². The summed E-state index contributed by atoms with van der Waals surface area (Å²) >= 11 is 6.09. The number of aromatic nitrogens is 3. The maximum Gasteiger partial charge on any atom is 0.350 e. The number of amides is 1. The molecule has 0 aliphatic carbocycles. The number of pyridine rings is 1. The van der Waals surface area contributed by atoms with Crippen molar-refractivity contribution in [3.63, 3.8) is 0 Å². The molecule has 0 atom stereocenters. The highest BCUT2D eigenvalue weighted by molar-refractivity contribution is 6.31. The molecule has 0 radical (unpaired) electrons. The first-order chi connectivity index (χ1) is 12.1. The van der Waals surface area contributed by atoms with Crippen LogP contribution in [0.3, 0.4) is 0 Å². The maximum atomic E-state index is 12.2. The zero-order valence-electron chi connectivity index (χ0n) is 13.0. The molecule has 3 heterocycles. The van der Waals surface area contributed by atoms with E-state index in [0.29, 0.717) is 40.9 Å². The van der Waals surface area contributed by atoms with Crippen molar-refractivity contribution in [3.05, 3.63) is 52.0 Å². The highest BCUT2D eigenvalue weighted by Gasteiger charge is 2.20. The van der Waals surface area contributed by atoms with Crippen LogP contribution in [0, 0.1) is 0 Å². The molecular formula is C16H14ClN5O3. The second-order valence-electron chi connectivity index (χ2n) is 5.53. The van der Waals surface area contributed by atoms with Crippen LogP contribution in [-0.4, -0.2) is 33.2 Å². The Kier molecular flexibility index (Phi) is 3.81. The van der Waals surface area contributed by atoms with Gasteiger partial charge in [0.15, 0.2) is 18.0 Å². The van der Waals surface area contributed by atoms with Gasteiger partial charge in [0, 0.05) is 17.8 Å². The monoisotopic (exact) mass is 359 g/mol. The molecule has 25 heavy (non-hydrogen) atoms. The van der Waals surface area contributed by atoms with Gasteiger partial charge in [-0.15, -0.1) is 5.10 Å². The number of ether oxygens (including phenoxy) is 1. The van der Waals surface area contributed by atoms with E-state index < -0.39 is 0 Å². The Morgan fingerprint density at radius 1 is 1.32 bits per heavy atom. The fourth-order valence-electron chi connectivity index (χ4n) is 2.71. The fourth-order valence-corrected chi connectivity index (χ4v) is 2.93. The van der Waals surface area contributed by atoms with Gasteiger partial charge in [0.25, 0.3) is 5.91 Å². The van der Waals surface area contributed by atoms with Gasteiger partial charge in [-0.25, -0.2) is 9.48 Å². The average molecular weight is 360 g/mol. The molecule has 2 aromatic heterocycles. The molecule has 128 valence electrons.